The van der Waals surface area contributed by atoms with E-state index >= 15 is 0 Å². The minimum atomic E-state index is 0.886. The predicted octanol–water partition coefficient (Wildman–Crippen LogP) is 5.12. The molecule has 0 aromatic carbocycles. The van der Waals surface area contributed by atoms with Gasteiger partial charge in [-0.3, -0.25) is 0 Å². The summed E-state index contributed by atoms with van der Waals surface area (Å²) in [5.74, 6) is 1.87. The van der Waals surface area contributed by atoms with Gasteiger partial charge in [-0.1, -0.05) is 31.6 Å². The molecule has 0 atom stereocenters. The van der Waals surface area contributed by atoms with E-state index in [1.807, 2.05) is 0 Å². The first-order valence-electron chi connectivity index (χ1n) is 6.64. The van der Waals surface area contributed by atoms with Crippen molar-refractivity contribution in [3.8, 4) is 0 Å². The van der Waals surface area contributed by atoms with Gasteiger partial charge in [0.15, 0.2) is 0 Å². The molecule has 86 valence electrons. The van der Waals surface area contributed by atoms with E-state index in [-0.39, 0.29) is 0 Å². The van der Waals surface area contributed by atoms with Gasteiger partial charge in [0.25, 0.3) is 0 Å². The average Bonchev–Trinajstić information content (AvgIpc) is 2.28. The van der Waals surface area contributed by atoms with Crippen molar-refractivity contribution in [3.05, 3.63) is 24.8 Å². The Labute approximate surface area is 95.5 Å². The first kappa shape index (κ1) is 12.5. The van der Waals surface area contributed by atoms with E-state index in [2.05, 4.69) is 31.7 Å². The second-order valence-corrected chi connectivity index (χ2v) is 4.86. The highest BCUT2D eigenvalue weighted by molar-refractivity contribution is 4.91. The van der Waals surface area contributed by atoms with Crippen LogP contribution in [0.1, 0.15) is 58.3 Å². The molecule has 1 saturated carbocycles. The number of rotatable bonds is 6. The molecule has 0 heteroatoms. The maximum absolute atomic E-state index is 3.80. The molecule has 0 amide bonds. The summed E-state index contributed by atoms with van der Waals surface area (Å²) in [6.45, 7) is 6.05. The Bertz CT molecular complexity index is 182. The molecule has 0 bridgehead atoms. The Hall–Kier alpha value is -0.520. The van der Waals surface area contributed by atoms with E-state index in [0.717, 1.165) is 11.8 Å². The van der Waals surface area contributed by atoms with Gasteiger partial charge in [-0.15, -0.1) is 6.58 Å². The third-order valence-corrected chi connectivity index (χ3v) is 3.53. The standard InChI is InChI=1S/C15H26/c1-3-5-7-9-15-12-10-14(11-13-15)8-6-4-2/h4,7,9,14-15H,2-3,5-6,8,10-13H2,1H3. The summed E-state index contributed by atoms with van der Waals surface area (Å²) in [5.41, 5.74) is 0. The van der Waals surface area contributed by atoms with Gasteiger partial charge in [-0.2, -0.15) is 0 Å². The van der Waals surface area contributed by atoms with E-state index in [1.165, 1.54) is 51.4 Å². The van der Waals surface area contributed by atoms with Crippen molar-refractivity contribution in [2.24, 2.45) is 11.8 Å². The van der Waals surface area contributed by atoms with E-state index in [4.69, 9.17) is 0 Å². The molecule has 0 heterocycles. The highest BCUT2D eigenvalue weighted by atomic mass is 14.2. The van der Waals surface area contributed by atoms with E-state index in [9.17, 15) is 0 Å². The van der Waals surface area contributed by atoms with Gasteiger partial charge in [-0.05, 0) is 56.8 Å². The molecule has 1 fully saturated rings. The highest BCUT2D eigenvalue weighted by Crippen LogP contribution is 2.32. The molecule has 0 nitrogen and oxygen atoms in total. The van der Waals surface area contributed by atoms with Crippen LogP contribution >= 0.6 is 0 Å². The predicted molar refractivity (Wildman–Crippen MR) is 68.9 cm³/mol. The lowest BCUT2D eigenvalue weighted by Crippen LogP contribution is -2.12. The van der Waals surface area contributed by atoms with E-state index < -0.39 is 0 Å². The molecule has 0 aliphatic heterocycles. The van der Waals surface area contributed by atoms with Crippen molar-refractivity contribution in [2.75, 3.05) is 0 Å². The van der Waals surface area contributed by atoms with Crippen molar-refractivity contribution >= 4 is 0 Å². The second-order valence-electron chi connectivity index (χ2n) is 4.86. The quantitative estimate of drug-likeness (QED) is 0.529. The fourth-order valence-electron chi connectivity index (χ4n) is 2.48. The molecule has 0 spiro atoms. The monoisotopic (exact) mass is 206 g/mol. The highest BCUT2D eigenvalue weighted by Gasteiger charge is 2.18. The number of hydrogen-bond donors (Lipinski definition) is 0. The summed E-state index contributed by atoms with van der Waals surface area (Å²) in [7, 11) is 0. The minimum absolute atomic E-state index is 0.886. The van der Waals surface area contributed by atoms with Crippen molar-refractivity contribution in [1.29, 1.82) is 0 Å². The normalized spacial score (nSPS) is 27.0. The molecule has 15 heavy (non-hydrogen) atoms. The lowest BCUT2D eigenvalue weighted by Gasteiger charge is -2.26. The van der Waals surface area contributed by atoms with Crippen LogP contribution < -0.4 is 0 Å². The van der Waals surface area contributed by atoms with Gasteiger partial charge in [-0.25, -0.2) is 0 Å². The summed E-state index contributed by atoms with van der Waals surface area (Å²) in [6, 6.07) is 0. The molecule has 1 aliphatic rings. The lowest BCUT2D eigenvalue weighted by atomic mass is 9.80. The summed E-state index contributed by atoms with van der Waals surface area (Å²) < 4.78 is 0. The van der Waals surface area contributed by atoms with Crippen LogP contribution in [0, 0.1) is 11.8 Å². The van der Waals surface area contributed by atoms with Crippen molar-refractivity contribution in [3.63, 3.8) is 0 Å². The SMILES string of the molecule is C=CCCC1CCC(C=CCCC)CC1. The van der Waals surface area contributed by atoms with Crippen molar-refractivity contribution in [2.45, 2.75) is 58.3 Å². The maximum atomic E-state index is 3.80. The zero-order chi connectivity index (χ0) is 10.9. The van der Waals surface area contributed by atoms with Crippen molar-refractivity contribution in [1.82, 2.24) is 0 Å². The molecule has 0 aromatic rings. The Balaban J connectivity index is 2.14. The summed E-state index contributed by atoms with van der Waals surface area (Å²) in [5, 5.41) is 0. The van der Waals surface area contributed by atoms with E-state index in [1.54, 1.807) is 0 Å². The van der Waals surface area contributed by atoms with Crippen LogP contribution in [0.3, 0.4) is 0 Å². The number of unbranched alkanes of at least 4 members (excludes halogenated alkanes) is 1. The van der Waals surface area contributed by atoms with Crippen LogP contribution in [-0.2, 0) is 0 Å². The fraction of sp³-hybridized carbons (Fsp3) is 0.733. The van der Waals surface area contributed by atoms with Gasteiger partial charge in [0, 0.05) is 0 Å². The molecule has 0 saturated heterocycles. The lowest BCUT2D eigenvalue weighted by molar-refractivity contribution is 0.297. The van der Waals surface area contributed by atoms with Gasteiger partial charge in [0.05, 0.1) is 0 Å². The maximum Gasteiger partial charge on any atom is -0.0233 e. The summed E-state index contributed by atoms with van der Waals surface area (Å²) >= 11 is 0. The molecular formula is C15H26. The first-order valence-corrected chi connectivity index (χ1v) is 6.64. The molecule has 1 aliphatic carbocycles. The summed E-state index contributed by atoms with van der Waals surface area (Å²) in [4.78, 5) is 0. The zero-order valence-corrected chi connectivity index (χ0v) is 10.3. The van der Waals surface area contributed by atoms with Gasteiger partial charge < -0.3 is 0 Å². The minimum Gasteiger partial charge on any atom is -0.103 e. The third kappa shape index (κ3) is 5.20. The fourth-order valence-corrected chi connectivity index (χ4v) is 2.48. The summed E-state index contributed by atoms with van der Waals surface area (Å²) in [6.07, 6.45) is 17.8. The van der Waals surface area contributed by atoms with Crippen LogP contribution in [0.2, 0.25) is 0 Å². The molecular weight excluding hydrogens is 180 g/mol. The van der Waals surface area contributed by atoms with Crippen LogP contribution in [0.25, 0.3) is 0 Å². The molecule has 0 radical (unpaired) electrons. The molecule has 0 unspecified atom stereocenters. The van der Waals surface area contributed by atoms with Crippen LogP contribution in [-0.4, -0.2) is 0 Å². The van der Waals surface area contributed by atoms with Gasteiger partial charge in [0.1, 0.15) is 0 Å². The average molecular weight is 206 g/mol. The van der Waals surface area contributed by atoms with Gasteiger partial charge in [0.2, 0.25) is 0 Å². The largest absolute Gasteiger partial charge is 0.103 e. The molecule has 1 rings (SSSR count). The Morgan fingerprint density at radius 2 is 1.87 bits per heavy atom. The first-order chi connectivity index (χ1) is 7.36. The van der Waals surface area contributed by atoms with Gasteiger partial charge >= 0.3 is 0 Å². The van der Waals surface area contributed by atoms with Crippen molar-refractivity contribution < 1.29 is 0 Å². The number of allylic oxidation sites excluding steroid dienone is 3. The van der Waals surface area contributed by atoms with Crippen LogP contribution in [0.15, 0.2) is 24.8 Å². The molecule has 0 N–H and O–H groups in total. The molecule has 0 aromatic heterocycles. The van der Waals surface area contributed by atoms with E-state index in [0.29, 0.717) is 0 Å². The zero-order valence-electron chi connectivity index (χ0n) is 10.3. The third-order valence-electron chi connectivity index (χ3n) is 3.53. The topological polar surface area (TPSA) is 0 Å². The Morgan fingerprint density at radius 1 is 1.13 bits per heavy atom. The Kier molecular flexibility index (Phi) is 6.47. The Morgan fingerprint density at radius 3 is 2.47 bits per heavy atom. The smallest absolute Gasteiger partial charge is 0.0233 e. The van der Waals surface area contributed by atoms with Crippen LogP contribution in [0.5, 0.6) is 0 Å². The number of hydrogen-bond acceptors (Lipinski definition) is 0. The second kappa shape index (κ2) is 7.73. The van der Waals surface area contributed by atoms with Crippen LogP contribution in [0.4, 0.5) is 0 Å².